The molecule has 0 spiro atoms. The molecular formula is C19H20N2O4. The highest BCUT2D eigenvalue weighted by Crippen LogP contribution is 2.27. The minimum atomic E-state index is -0.455. The molecule has 130 valence electrons. The molecule has 1 aliphatic heterocycles. The second-order valence-electron chi connectivity index (χ2n) is 6.31. The van der Waals surface area contributed by atoms with E-state index in [1.54, 1.807) is 11.8 Å². The fourth-order valence-corrected chi connectivity index (χ4v) is 3.14. The minimum absolute atomic E-state index is 0.00782. The van der Waals surface area contributed by atoms with Gasteiger partial charge in [-0.15, -0.1) is 0 Å². The van der Waals surface area contributed by atoms with E-state index < -0.39 is 4.92 Å². The number of hydrogen-bond donors (Lipinski definition) is 0. The van der Waals surface area contributed by atoms with Crippen LogP contribution in [0.3, 0.4) is 0 Å². The van der Waals surface area contributed by atoms with E-state index in [2.05, 4.69) is 0 Å². The number of carbonyl (C=O) groups excluding carboxylic acids is 1. The molecule has 0 aliphatic carbocycles. The van der Waals surface area contributed by atoms with Crippen molar-refractivity contribution in [2.75, 3.05) is 13.1 Å². The molecular weight excluding hydrogens is 320 g/mol. The lowest BCUT2D eigenvalue weighted by atomic mass is 10.0. The second-order valence-corrected chi connectivity index (χ2v) is 6.31. The molecule has 1 amide bonds. The third kappa shape index (κ3) is 3.69. The maximum absolute atomic E-state index is 12.9. The predicted molar refractivity (Wildman–Crippen MR) is 93.5 cm³/mol. The van der Waals surface area contributed by atoms with Gasteiger partial charge in [0.1, 0.15) is 6.10 Å². The van der Waals surface area contributed by atoms with Crippen molar-refractivity contribution in [2.45, 2.75) is 26.1 Å². The van der Waals surface area contributed by atoms with Gasteiger partial charge in [-0.05, 0) is 31.0 Å². The van der Waals surface area contributed by atoms with Gasteiger partial charge >= 0.3 is 0 Å². The van der Waals surface area contributed by atoms with Gasteiger partial charge in [-0.3, -0.25) is 14.9 Å². The van der Waals surface area contributed by atoms with Gasteiger partial charge in [0, 0.05) is 24.2 Å². The Bertz CT molecular complexity index is 791. The van der Waals surface area contributed by atoms with E-state index in [1.807, 2.05) is 37.3 Å². The Labute approximate surface area is 146 Å². The smallest absolute Gasteiger partial charge is 0.269 e. The molecule has 6 heteroatoms. The highest BCUT2D eigenvalue weighted by atomic mass is 16.6. The van der Waals surface area contributed by atoms with Crippen molar-refractivity contribution in [1.82, 2.24) is 4.90 Å². The van der Waals surface area contributed by atoms with Gasteiger partial charge in [0.15, 0.2) is 0 Å². The van der Waals surface area contributed by atoms with E-state index in [9.17, 15) is 14.9 Å². The molecule has 0 aromatic heterocycles. The monoisotopic (exact) mass is 340 g/mol. The molecule has 0 N–H and O–H groups in total. The molecule has 1 saturated heterocycles. The first-order valence-corrected chi connectivity index (χ1v) is 8.20. The predicted octanol–water partition coefficient (Wildman–Crippen LogP) is 3.51. The Hall–Kier alpha value is -2.73. The van der Waals surface area contributed by atoms with Crippen LogP contribution in [0.5, 0.6) is 0 Å². The molecule has 6 nitrogen and oxygen atoms in total. The van der Waals surface area contributed by atoms with Crippen LogP contribution in [-0.4, -0.2) is 34.9 Å². The van der Waals surface area contributed by atoms with Crippen LogP contribution in [0.25, 0.3) is 0 Å². The summed E-state index contributed by atoms with van der Waals surface area (Å²) in [6.45, 7) is 4.62. The van der Waals surface area contributed by atoms with Crippen molar-refractivity contribution < 1.29 is 14.5 Å². The number of aryl methyl sites for hydroxylation is 1. The molecule has 2 aromatic rings. The van der Waals surface area contributed by atoms with Gasteiger partial charge < -0.3 is 9.64 Å². The topological polar surface area (TPSA) is 72.7 Å². The first-order valence-electron chi connectivity index (χ1n) is 8.20. The highest BCUT2D eigenvalue weighted by Gasteiger charge is 2.30. The molecule has 1 aliphatic rings. The summed E-state index contributed by atoms with van der Waals surface area (Å²) < 4.78 is 5.99. The highest BCUT2D eigenvalue weighted by molar-refractivity contribution is 5.96. The molecule has 1 heterocycles. The number of hydrogen-bond acceptors (Lipinski definition) is 4. The number of amides is 1. The van der Waals surface area contributed by atoms with E-state index in [0.29, 0.717) is 24.2 Å². The summed E-state index contributed by atoms with van der Waals surface area (Å²) in [5.41, 5.74) is 2.12. The Morgan fingerprint density at radius 3 is 2.56 bits per heavy atom. The number of carbonyl (C=O) groups is 1. The van der Waals surface area contributed by atoms with Crippen LogP contribution in [0, 0.1) is 17.0 Å². The quantitative estimate of drug-likeness (QED) is 0.633. The van der Waals surface area contributed by atoms with Gasteiger partial charge in [0.2, 0.25) is 0 Å². The average molecular weight is 340 g/mol. The zero-order valence-corrected chi connectivity index (χ0v) is 14.2. The lowest BCUT2D eigenvalue weighted by Crippen LogP contribution is -2.46. The van der Waals surface area contributed by atoms with E-state index in [0.717, 1.165) is 5.56 Å². The fourth-order valence-electron chi connectivity index (χ4n) is 3.14. The van der Waals surface area contributed by atoms with Crippen molar-refractivity contribution >= 4 is 11.6 Å². The largest absolute Gasteiger partial charge is 0.367 e. The Morgan fingerprint density at radius 1 is 1.20 bits per heavy atom. The number of ether oxygens (including phenoxy) is 1. The van der Waals surface area contributed by atoms with E-state index in [1.165, 1.54) is 18.2 Å². The van der Waals surface area contributed by atoms with Crippen LogP contribution >= 0.6 is 0 Å². The van der Waals surface area contributed by atoms with Gasteiger partial charge in [-0.1, -0.05) is 30.3 Å². The number of benzene rings is 2. The van der Waals surface area contributed by atoms with Crippen molar-refractivity contribution in [3.63, 3.8) is 0 Å². The second kappa shape index (κ2) is 7.03. The Kier molecular flexibility index (Phi) is 4.81. The van der Waals surface area contributed by atoms with Gasteiger partial charge in [-0.25, -0.2) is 0 Å². The minimum Gasteiger partial charge on any atom is -0.367 e. The number of non-ortho nitro benzene ring substituents is 1. The SMILES string of the molecule is Cc1cc([N+](=O)[O-])ccc1C(=O)N1CC(C)OC(c2ccccc2)C1. The van der Waals surface area contributed by atoms with E-state index in [-0.39, 0.29) is 23.8 Å². The zero-order chi connectivity index (χ0) is 18.0. The van der Waals surface area contributed by atoms with Crippen LogP contribution in [0.2, 0.25) is 0 Å². The maximum atomic E-state index is 12.9. The summed E-state index contributed by atoms with van der Waals surface area (Å²) in [5, 5.41) is 10.9. The van der Waals surface area contributed by atoms with Crippen LogP contribution in [0.15, 0.2) is 48.5 Å². The van der Waals surface area contributed by atoms with Gasteiger partial charge in [0.25, 0.3) is 11.6 Å². The average Bonchev–Trinajstić information content (AvgIpc) is 2.61. The number of nitro groups is 1. The number of nitro benzene ring substituents is 1. The Balaban J connectivity index is 1.83. The summed E-state index contributed by atoms with van der Waals surface area (Å²) in [7, 11) is 0. The molecule has 1 fully saturated rings. The lowest BCUT2D eigenvalue weighted by Gasteiger charge is -2.37. The summed E-state index contributed by atoms with van der Waals surface area (Å²) in [4.78, 5) is 25.1. The van der Waals surface area contributed by atoms with Gasteiger partial charge in [0.05, 0.1) is 17.6 Å². The summed E-state index contributed by atoms with van der Waals surface area (Å²) >= 11 is 0. The van der Waals surface area contributed by atoms with E-state index >= 15 is 0 Å². The van der Waals surface area contributed by atoms with Gasteiger partial charge in [-0.2, -0.15) is 0 Å². The van der Waals surface area contributed by atoms with Crippen molar-refractivity contribution in [1.29, 1.82) is 0 Å². The number of morpholine rings is 1. The number of nitrogens with zero attached hydrogens (tertiary/aromatic N) is 2. The molecule has 2 unspecified atom stereocenters. The summed E-state index contributed by atoms with van der Waals surface area (Å²) in [6.07, 6.45) is -0.256. The summed E-state index contributed by atoms with van der Waals surface area (Å²) in [6, 6.07) is 14.2. The molecule has 0 saturated carbocycles. The molecule has 2 atom stereocenters. The van der Waals surface area contributed by atoms with Crippen molar-refractivity contribution in [3.8, 4) is 0 Å². The first-order chi connectivity index (χ1) is 12.0. The van der Waals surface area contributed by atoms with Crippen molar-refractivity contribution in [2.24, 2.45) is 0 Å². The van der Waals surface area contributed by atoms with Crippen LogP contribution in [0.4, 0.5) is 5.69 Å². The standard InChI is InChI=1S/C19H20N2O4/c1-13-10-16(21(23)24)8-9-17(13)19(22)20-11-14(2)25-18(12-20)15-6-4-3-5-7-15/h3-10,14,18H,11-12H2,1-2H3. The molecule has 2 aromatic carbocycles. The summed E-state index contributed by atoms with van der Waals surface area (Å²) in [5.74, 6) is -0.122. The third-order valence-corrected chi connectivity index (χ3v) is 4.37. The normalized spacial score (nSPS) is 20.3. The maximum Gasteiger partial charge on any atom is 0.269 e. The molecule has 0 radical (unpaired) electrons. The first kappa shape index (κ1) is 17.1. The lowest BCUT2D eigenvalue weighted by molar-refractivity contribution is -0.384. The van der Waals surface area contributed by atoms with Crippen LogP contribution in [-0.2, 0) is 4.74 Å². The molecule has 0 bridgehead atoms. The van der Waals surface area contributed by atoms with Crippen LogP contribution < -0.4 is 0 Å². The Morgan fingerprint density at radius 2 is 1.92 bits per heavy atom. The molecule has 3 rings (SSSR count). The number of rotatable bonds is 3. The van der Waals surface area contributed by atoms with E-state index in [4.69, 9.17) is 4.74 Å². The fraction of sp³-hybridized carbons (Fsp3) is 0.316. The molecule has 25 heavy (non-hydrogen) atoms. The van der Waals surface area contributed by atoms with Crippen LogP contribution in [0.1, 0.15) is 34.5 Å². The van der Waals surface area contributed by atoms with Crippen molar-refractivity contribution in [3.05, 3.63) is 75.3 Å². The zero-order valence-electron chi connectivity index (χ0n) is 14.2. The third-order valence-electron chi connectivity index (χ3n) is 4.37.